The van der Waals surface area contributed by atoms with Crippen LogP contribution in [0.1, 0.15) is 26.2 Å². The molecular formula is C18H15F3N4OS. The number of benzene rings is 1. The van der Waals surface area contributed by atoms with Gasteiger partial charge in [-0.1, -0.05) is 30.3 Å². The molecule has 0 aliphatic carbocycles. The van der Waals surface area contributed by atoms with Gasteiger partial charge >= 0.3 is 6.18 Å². The van der Waals surface area contributed by atoms with E-state index in [0.717, 1.165) is 33.4 Å². The molecule has 0 saturated carbocycles. The van der Waals surface area contributed by atoms with Gasteiger partial charge in [0.25, 0.3) is 5.91 Å². The predicted octanol–water partition coefficient (Wildman–Crippen LogP) is 3.90. The minimum atomic E-state index is -4.69. The van der Waals surface area contributed by atoms with Crippen LogP contribution in [0.5, 0.6) is 0 Å². The molecule has 0 aliphatic heterocycles. The molecule has 0 aliphatic rings. The van der Waals surface area contributed by atoms with Crippen LogP contribution in [0, 0.1) is 6.92 Å². The van der Waals surface area contributed by atoms with Gasteiger partial charge in [0.1, 0.15) is 5.69 Å². The van der Waals surface area contributed by atoms with Gasteiger partial charge in [0.2, 0.25) is 5.82 Å². The number of rotatable bonds is 5. The number of thiazole rings is 1. The molecule has 27 heavy (non-hydrogen) atoms. The number of nitrogens with one attached hydrogen (secondary N) is 1. The minimum Gasteiger partial charge on any atom is -0.350 e. The number of hydrogen-bond donors (Lipinski definition) is 1. The van der Waals surface area contributed by atoms with Crippen LogP contribution >= 0.6 is 11.3 Å². The Kier molecular flexibility index (Phi) is 5.50. The smallest absolute Gasteiger partial charge is 0.350 e. The molecule has 3 aromatic rings. The number of hydrogen-bond acceptors (Lipinski definition) is 5. The van der Waals surface area contributed by atoms with Crippen molar-refractivity contribution >= 4 is 17.2 Å². The summed E-state index contributed by atoms with van der Waals surface area (Å²) in [5.41, 5.74) is 1.59. The fraction of sp³-hybridized carbons (Fsp3) is 0.222. The number of nitrogens with zero attached hydrogens (tertiary/aromatic N) is 3. The summed E-state index contributed by atoms with van der Waals surface area (Å²) in [6.07, 6.45) is -3.30. The zero-order valence-electron chi connectivity index (χ0n) is 14.2. The second kappa shape index (κ2) is 7.83. The normalized spacial score (nSPS) is 11.4. The third kappa shape index (κ3) is 4.68. The quantitative estimate of drug-likeness (QED) is 0.715. The molecule has 1 N–H and O–H groups in total. The summed E-state index contributed by atoms with van der Waals surface area (Å²) in [6.45, 7) is 2.22. The molecule has 0 spiro atoms. The molecule has 5 nitrogen and oxygen atoms in total. The highest BCUT2D eigenvalue weighted by Crippen LogP contribution is 2.27. The van der Waals surface area contributed by atoms with Crippen molar-refractivity contribution in [3.05, 3.63) is 64.0 Å². The van der Waals surface area contributed by atoms with Crippen LogP contribution in [0.2, 0.25) is 0 Å². The molecule has 2 heterocycles. The number of carbonyl (C=O) groups excluding carboxylic acids is 1. The van der Waals surface area contributed by atoms with Crippen LogP contribution in [-0.2, 0) is 12.6 Å². The van der Waals surface area contributed by atoms with E-state index in [0.29, 0.717) is 6.42 Å². The van der Waals surface area contributed by atoms with Crippen molar-refractivity contribution in [3.8, 4) is 11.3 Å². The lowest BCUT2D eigenvalue weighted by Gasteiger charge is -2.07. The SMILES string of the molecule is Cc1sc(CCNC(=O)c2ccnc(C(F)(F)F)n2)nc1-c1ccccc1. The van der Waals surface area contributed by atoms with E-state index >= 15 is 0 Å². The van der Waals surface area contributed by atoms with Gasteiger partial charge in [-0.05, 0) is 13.0 Å². The Morgan fingerprint density at radius 3 is 2.59 bits per heavy atom. The van der Waals surface area contributed by atoms with E-state index in [1.54, 1.807) is 0 Å². The summed E-state index contributed by atoms with van der Waals surface area (Å²) >= 11 is 1.53. The van der Waals surface area contributed by atoms with Crippen LogP contribution < -0.4 is 5.32 Å². The van der Waals surface area contributed by atoms with E-state index in [1.165, 1.54) is 11.3 Å². The van der Waals surface area contributed by atoms with Gasteiger partial charge in [0.05, 0.1) is 10.7 Å². The van der Waals surface area contributed by atoms with Crippen molar-refractivity contribution in [1.29, 1.82) is 0 Å². The van der Waals surface area contributed by atoms with Gasteiger partial charge in [-0.15, -0.1) is 11.3 Å². The highest BCUT2D eigenvalue weighted by Gasteiger charge is 2.35. The number of halogens is 3. The topological polar surface area (TPSA) is 67.8 Å². The molecule has 0 saturated heterocycles. The first-order valence-corrected chi connectivity index (χ1v) is 8.86. The standard InChI is InChI=1S/C18H15F3N4OS/c1-11-15(12-5-3-2-4-6-12)25-14(27-11)8-10-22-16(26)13-7-9-23-17(24-13)18(19,20)21/h2-7,9H,8,10H2,1H3,(H,22,26). The summed E-state index contributed by atoms with van der Waals surface area (Å²) in [5.74, 6) is -2.02. The fourth-order valence-electron chi connectivity index (χ4n) is 2.42. The molecule has 2 aromatic heterocycles. The Morgan fingerprint density at radius 1 is 1.15 bits per heavy atom. The fourth-order valence-corrected chi connectivity index (χ4v) is 3.37. The summed E-state index contributed by atoms with van der Waals surface area (Å²) in [4.78, 5) is 24.1. The van der Waals surface area contributed by atoms with Gasteiger partial charge < -0.3 is 5.32 Å². The van der Waals surface area contributed by atoms with E-state index in [9.17, 15) is 18.0 Å². The van der Waals surface area contributed by atoms with Crippen molar-refractivity contribution in [2.75, 3.05) is 6.54 Å². The first kappa shape index (κ1) is 19.0. The maximum absolute atomic E-state index is 12.6. The van der Waals surface area contributed by atoms with E-state index in [1.807, 2.05) is 37.3 Å². The molecule has 0 radical (unpaired) electrons. The van der Waals surface area contributed by atoms with Gasteiger partial charge in [-0.25, -0.2) is 15.0 Å². The highest BCUT2D eigenvalue weighted by atomic mass is 32.1. The maximum atomic E-state index is 12.6. The monoisotopic (exact) mass is 392 g/mol. The van der Waals surface area contributed by atoms with E-state index in [4.69, 9.17) is 0 Å². The Labute approximate surface area is 157 Å². The lowest BCUT2D eigenvalue weighted by Crippen LogP contribution is -2.27. The molecule has 3 rings (SSSR count). The van der Waals surface area contributed by atoms with Gasteiger partial charge in [0, 0.05) is 29.6 Å². The maximum Gasteiger partial charge on any atom is 0.451 e. The van der Waals surface area contributed by atoms with Crippen LogP contribution in [0.3, 0.4) is 0 Å². The second-order valence-corrected chi connectivity index (χ2v) is 6.94. The van der Waals surface area contributed by atoms with E-state index in [2.05, 4.69) is 20.3 Å². The summed E-state index contributed by atoms with van der Waals surface area (Å²) in [6, 6.07) is 10.9. The van der Waals surface area contributed by atoms with Crippen LogP contribution in [0.15, 0.2) is 42.6 Å². The third-order valence-electron chi connectivity index (χ3n) is 3.65. The van der Waals surface area contributed by atoms with Crippen molar-refractivity contribution in [1.82, 2.24) is 20.3 Å². The third-order valence-corrected chi connectivity index (χ3v) is 4.68. The van der Waals surface area contributed by atoms with Crippen LogP contribution in [-0.4, -0.2) is 27.4 Å². The zero-order chi connectivity index (χ0) is 19.4. The summed E-state index contributed by atoms with van der Waals surface area (Å²) in [5, 5.41) is 3.40. The zero-order valence-corrected chi connectivity index (χ0v) is 15.1. The second-order valence-electron chi connectivity index (χ2n) is 5.65. The molecule has 140 valence electrons. The Balaban J connectivity index is 1.61. The van der Waals surface area contributed by atoms with Crippen molar-refractivity contribution in [2.24, 2.45) is 0 Å². The first-order valence-electron chi connectivity index (χ1n) is 8.05. The van der Waals surface area contributed by atoms with E-state index in [-0.39, 0.29) is 12.2 Å². The molecular weight excluding hydrogens is 377 g/mol. The highest BCUT2D eigenvalue weighted by molar-refractivity contribution is 7.12. The number of alkyl halides is 3. The lowest BCUT2D eigenvalue weighted by atomic mass is 10.1. The predicted molar refractivity (Wildman–Crippen MR) is 95.4 cm³/mol. The van der Waals surface area contributed by atoms with E-state index < -0.39 is 17.9 Å². The summed E-state index contributed by atoms with van der Waals surface area (Å²) in [7, 11) is 0. The number of aryl methyl sites for hydroxylation is 1. The lowest BCUT2D eigenvalue weighted by molar-refractivity contribution is -0.145. The minimum absolute atomic E-state index is 0.241. The van der Waals surface area contributed by atoms with Gasteiger partial charge in [-0.2, -0.15) is 13.2 Å². The Bertz CT molecular complexity index is 941. The molecule has 1 aromatic carbocycles. The van der Waals surface area contributed by atoms with Crippen LogP contribution in [0.25, 0.3) is 11.3 Å². The number of carbonyl (C=O) groups is 1. The first-order chi connectivity index (χ1) is 12.8. The Morgan fingerprint density at radius 2 is 1.89 bits per heavy atom. The number of aromatic nitrogens is 3. The van der Waals surface area contributed by atoms with Gasteiger partial charge in [0.15, 0.2) is 0 Å². The molecule has 1 amide bonds. The largest absolute Gasteiger partial charge is 0.451 e. The van der Waals surface area contributed by atoms with Crippen molar-refractivity contribution in [2.45, 2.75) is 19.5 Å². The molecule has 9 heteroatoms. The average Bonchev–Trinajstić information content (AvgIpc) is 3.02. The molecule has 0 fully saturated rings. The Hall–Kier alpha value is -2.81. The summed E-state index contributed by atoms with van der Waals surface area (Å²) < 4.78 is 37.9. The number of amides is 1. The van der Waals surface area contributed by atoms with Gasteiger partial charge in [-0.3, -0.25) is 4.79 Å². The average molecular weight is 392 g/mol. The van der Waals surface area contributed by atoms with Crippen LogP contribution in [0.4, 0.5) is 13.2 Å². The molecule has 0 unspecified atom stereocenters. The van der Waals surface area contributed by atoms with Crippen molar-refractivity contribution in [3.63, 3.8) is 0 Å². The molecule has 0 bridgehead atoms. The van der Waals surface area contributed by atoms with Crippen molar-refractivity contribution < 1.29 is 18.0 Å². The molecule has 0 atom stereocenters.